The minimum atomic E-state index is -8.45. The molecule has 0 N–H and O–H groups in total. The van der Waals surface area contributed by atoms with Crippen LogP contribution >= 0.6 is 0 Å². The summed E-state index contributed by atoms with van der Waals surface area (Å²) in [6.45, 7) is 8.86. The summed E-state index contributed by atoms with van der Waals surface area (Å²) in [5.74, 6) is -61.7. The number of esters is 1. The molecule has 0 fully saturated rings. The van der Waals surface area contributed by atoms with Crippen molar-refractivity contribution in [2.24, 2.45) is 5.92 Å². The zero-order valence-electron chi connectivity index (χ0n) is 29.1. The molecule has 304 valence electrons. The van der Waals surface area contributed by atoms with E-state index in [9.17, 15) is 75.0 Å². The molecule has 0 radical (unpaired) electrons. The first-order valence-electron chi connectivity index (χ1n) is 16.0. The van der Waals surface area contributed by atoms with Crippen LogP contribution in [0.3, 0.4) is 0 Å². The van der Waals surface area contributed by atoms with Crippen LogP contribution in [-0.4, -0.2) is 74.9 Å². The number of ether oxygens (including phenoxy) is 1. The van der Waals surface area contributed by atoms with Crippen molar-refractivity contribution in [2.75, 3.05) is 13.2 Å². The van der Waals surface area contributed by atoms with Crippen LogP contribution in [0.25, 0.3) is 0 Å². The monoisotopic (exact) mass is 798 g/mol. The summed E-state index contributed by atoms with van der Waals surface area (Å²) in [6.07, 6.45) is 0.124. The first-order chi connectivity index (χ1) is 22.6. The Morgan fingerprint density at radius 3 is 1.35 bits per heavy atom. The molecule has 0 spiro atoms. The molecule has 20 heteroatoms. The summed E-state index contributed by atoms with van der Waals surface area (Å²) >= 11 is 0. The number of hydrogen-bond donors (Lipinski definition) is 0. The van der Waals surface area contributed by atoms with E-state index in [-0.39, 0.29) is 31.8 Å². The van der Waals surface area contributed by atoms with Gasteiger partial charge in [0.05, 0.1) is 6.61 Å². The van der Waals surface area contributed by atoms with Crippen molar-refractivity contribution in [1.82, 2.24) is 0 Å². The maximum atomic E-state index is 14.3. The number of alkyl halides is 16. The molecule has 0 amide bonds. The average Bonchev–Trinajstić information content (AvgIpc) is 2.98. The number of hydrogen-bond acceptors (Lipinski definition) is 3. The van der Waals surface area contributed by atoms with Crippen LogP contribution in [0.4, 0.5) is 70.2 Å². The third-order valence-electron chi connectivity index (χ3n) is 8.84. The van der Waals surface area contributed by atoms with E-state index >= 15 is 0 Å². The minimum Gasteiger partial charge on any atom is -0.465 e. The normalized spacial score (nSPS) is 15.6. The lowest BCUT2D eigenvalue weighted by atomic mass is 9.86. The predicted molar refractivity (Wildman–Crippen MR) is 159 cm³/mol. The highest BCUT2D eigenvalue weighted by Crippen LogP contribution is 2.64. The highest BCUT2D eigenvalue weighted by molar-refractivity contribution is 6.74. The fourth-order valence-electron chi connectivity index (χ4n) is 4.02. The molecule has 0 aliphatic rings. The van der Waals surface area contributed by atoms with E-state index in [4.69, 9.17) is 4.74 Å². The van der Waals surface area contributed by atoms with E-state index in [0.717, 1.165) is 13.1 Å². The molecule has 0 bridgehead atoms. The van der Waals surface area contributed by atoms with Gasteiger partial charge in [0.2, 0.25) is 0 Å². The third kappa shape index (κ3) is 10.7. The molecule has 1 atom stereocenters. The summed E-state index contributed by atoms with van der Waals surface area (Å²) in [6, 6.07) is 0. The van der Waals surface area contributed by atoms with Gasteiger partial charge >= 0.3 is 53.3 Å². The molecule has 0 aromatic rings. The molecule has 0 heterocycles. The Hall–Kier alpha value is -1.73. The summed E-state index contributed by atoms with van der Waals surface area (Å²) < 4.78 is 238. The second-order valence-corrected chi connectivity index (χ2v) is 18.9. The van der Waals surface area contributed by atoms with Gasteiger partial charge in [-0.25, -0.2) is 0 Å². The molecule has 1 unspecified atom stereocenters. The van der Waals surface area contributed by atoms with Crippen LogP contribution in [0.1, 0.15) is 91.9 Å². The zero-order valence-corrected chi connectivity index (χ0v) is 30.1. The Kier molecular flexibility index (Phi) is 16.6. The first kappa shape index (κ1) is 49.3. The highest BCUT2D eigenvalue weighted by atomic mass is 28.4. The fourth-order valence-corrected chi connectivity index (χ4v) is 5.00. The van der Waals surface area contributed by atoms with Crippen molar-refractivity contribution in [3.8, 4) is 0 Å². The Morgan fingerprint density at radius 1 is 0.608 bits per heavy atom. The summed E-state index contributed by atoms with van der Waals surface area (Å²) in [5.41, 5.74) is 0. The molecular formula is C31H46F16O3Si. The smallest absolute Gasteiger partial charge is 0.385 e. The maximum absolute atomic E-state index is 14.3. The van der Waals surface area contributed by atoms with Gasteiger partial charge in [-0.1, -0.05) is 72.3 Å². The first-order valence-corrected chi connectivity index (χ1v) is 18.9. The molecule has 0 aromatic carbocycles. The highest BCUT2D eigenvalue weighted by Gasteiger charge is 2.94. The van der Waals surface area contributed by atoms with Gasteiger partial charge in [-0.3, -0.25) is 4.79 Å². The van der Waals surface area contributed by atoms with E-state index in [0.29, 0.717) is 25.7 Å². The Labute approximate surface area is 288 Å². The van der Waals surface area contributed by atoms with E-state index in [1.54, 1.807) is 13.0 Å². The second-order valence-electron chi connectivity index (χ2n) is 14.1. The number of carbonyl (C=O) groups excluding carboxylic acids is 1. The summed E-state index contributed by atoms with van der Waals surface area (Å²) in [7, 11) is -3.56. The van der Waals surface area contributed by atoms with Crippen LogP contribution < -0.4 is 0 Å². The van der Waals surface area contributed by atoms with Crippen LogP contribution in [0.15, 0.2) is 12.7 Å². The number of halogens is 16. The lowest BCUT2D eigenvalue weighted by molar-refractivity contribution is -0.454. The Balaban J connectivity index is 5.53. The zero-order chi connectivity index (χ0) is 40.8. The molecule has 0 aromatic heterocycles. The van der Waals surface area contributed by atoms with E-state index in [1.165, 1.54) is 20.8 Å². The number of unbranched alkanes of at least 4 members (excludes halogenated alkanes) is 7. The summed E-state index contributed by atoms with van der Waals surface area (Å²) in [5, 5.41) is -1.08. The largest absolute Gasteiger partial charge is 0.465 e. The van der Waals surface area contributed by atoms with Crippen LogP contribution in [0, 0.1) is 5.92 Å². The van der Waals surface area contributed by atoms with Gasteiger partial charge in [-0.05, 0) is 31.0 Å². The molecule has 0 saturated carbocycles. The number of carbonyl (C=O) groups is 1. The van der Waals surface area contributed by atoms with E-state index in [2.05, 4.69) is 11.0 Å². The van der Waals surface area contributed by atoms with Gasteiger partial charge in [-0.2, -0.15) is 70.2 Å². The Bertz CT molecular complexity index is 1120. The topological polar surface area (TPSA) is 35.5 Å². The standard InChI is InChI=1S/C31H46F16O3Si/c1-8-21(2)19-49-22(48)17-15-13-11-9-10-12-14-16-18-24(32,33)26(36,37)28(40,41)30(44,45)31(46,47)29(42,43)27(38,39)25(34,35)20-50-51(6,7)23(3,4)5/h8,21H,1,9-20H2,2-7H3. The predicted octanol–water partition coefficient (Wildman–Crippen LogP) is 12.4. The van der Waals surface area contributed by atoms with E-state index < -0.39 is 92.6 Å². The van der Waals surface area contributed by atoms with E-state index in [1.807, 2.05) is 0 Å². The van der Waals surface area contributed by atoms with Gasteiger partial charge in [0.25, 0.3) is 0 Å². The van der Waals surface area contributed by atoms with Crippen LogP contribution in [0.2, 0.25) is 18.1 Å². The van der Waals surface area contributed by atoms with Gasteiger partial charge in [0.1, 0.15) is 6.61 Å². The van der Waals surface area contributed by atoms with Gasteiger partial charge in [0.15, 0.2) is 8.32 Å². The van der Waals surface area contributed by atoms with Crippen LogP contribution in [-0.2, 0) is 14.0 Å². The molecule has 0 saturated heterocycles. The second kappa shape index (κ2) is 17.2. The average molecular weight is 799 g/mol. The third-order valence-corrected chi connectivity index (χ3v) is 13.3. The SMILES string of the molecule is C=CC(C)COC(=O)CCCCCCCCCCC(F)(F)C(F)(F)C(F)(F)C(F)(F)C(F)(F)C(F)(F)C(F)(F)C(F)(F)CO[Si](C)(C)C(C)(C)C. The fraction of sp³-hybridized carbons (Fsp3) is 0.903. The summed E-state index contributed by atoms with van der Waals surface area (Å²) in [4.78, 5) is 11.6. The molecular weight excluding hydrogens is 752 g/mol. The van der Waals surface area contributed by atoms with Gasteiger partial charge in [-0.15, -0.1) is 6.58 Å². The lowest BCUT2D eigenvalue weighted by Gasteiger charge is -2.44. The number of rotatable bonds is 24. The molecule has 0 rings (SSSR count). The lowest BCUT2D eigenvalue weighted by Crippen LogP contribution is -2.75. The van der Waals surface area contributed by atoms with Crippen molar-refractivity contribution in [1.29, 1.82) is 0 Å². The Morgan fingerprint density at radius 2 is 0.961 bits per heavy atom. The van der Waals surface area contributed by atoms with Gasteiger partial charge < -0.3 is 9.16 Å². The molecule has 0 aliphatic heterocycles. The van der Waals surface area contributed by atoms with Crippen LogP contribution in [0.5, 0.6) is 0 Å². The molecule has 0 aliphatic carbocycles. The molecule has 3 nitrogen and oxygen atoms in total. The van der Waals surface area contributed by atoms with Crippen molar-refractivity contribution in [3.05, 3.63) is 12.7 Å². The van der Waals surface area contributed by atoms with Crippen molar-refractivity contribution < 1.29 is 84.2 Å². The maximum Gasteiger partial charge on any atom is 0.385 e. The van der Waals surface area contributed by atoms with Crippen molar-refractivity contribution in [3.63, 3.8) is 0 Å². The quantitative estimate of drug-likeness (QED) is 0.0321. The van der Waals surface area contributed by atoms with Crippen molar-refractivity contribution in [2.45, 2.75) is 157 Å². The minimum absolute atomic E-state index is 0.0163. The molecule has 51 heavy (non-hydrogen) atoms. The van der Waals surface area contributed by atoms with Gasteiger partial charge in [0, 0.05) is 18.8 Å². The van der Waals surface area contributed by atoms with Crippen molar-refractivity contribution >= 4 is 14.3 Å².